The van der Waals surface area contributed by atoms with Crippen LogP contribution in [0.4, 0.5) is 11.4 Å². The Morgan fingerprint density at radius 3 is 2.42 bits per heavy atom. The van der Waals surface area contributed by atoms with E-state index in [9.17, 15) is 14.9 Å². The number of morpholine rings is 1. The van der Waals surface area contributed by atoms with Crippen LogP contribution in [-0.4, -0.2) is 44.1 Å². The average molecular weight is 356 g/mol. The van der Waals surface area contributed by atoms with Crippen molar-refractivity contribution in [1.29, 1.82) is 0 Å². The summed E-state index contributed by atoms with van der Waals surface area (Å²) in [4.78, 5) is 26.0. The predicted octanol–water partition coefficient (Wildman–Crippen LogP) is 2.98. The van der Waals surface area contributed by atoms with Gasteiger partial charge in [-0.3, -0.25) is 14.9 Å². The number of ether oxygens (including phenoxy) is 2. The molecule has 7 heteroatoms. The van der Waals surface area contributed by atoms with Gasteiger partial charge >= 0.3 is 0 Å². The maximum Gasteiger partial charge on any atom is 0.273 e. The van der Waals surface area contributed by atoms with Crippen LogP contribution in [0, 0.1) is 17.0 Å². The second kappa shape index (κ2) is 7.53. The first kappa shape index (κ1) is 17.9. The Labute approximate surface area is 151 Å². The highest BCUT2D eigenvalue weighted by molar-refractivity contribution is 6.13. The van der Waals surface area contributed by atoms with Crippen molar-refractivity contribution < 1.29 is 19.2 Å². The number of ketones is 1. The number of rotatable bonds is 5. The van der Waals surface area contributed by atoms with Crippen LogP contribution in [0.25, 0.3) is 0 Å². The third-order valence-corrected chi connectivity index (χ3v) is 4.46. The van der Waals surface area contributed by atoms with Gasteiger partial charge in [-0.2, -0.15) is 0 Å². The number of carbonyl (C=O) groups excluding carboxylic acids is 1. The van der Waals surface area contributed by atoms with Crippen LogP contribution in [0.5, 0.6) is 5.75 Å². The van der Waals surface area contributed by atoms with E-state index in [-0.39, 0.29) is 11.5 Å². The molecule has 3 rings (SSSR count). The van der Waals surface area contributed by atoms with Crippen LogP contribution >= 0.6 is 0 Å². The van der Waals surface area contributed by atoms with E-state index in [0.29, 0.717) is 54.4 Å². The molecular formula is C19H20N2O5. The number of hydrogen-bond donors (Lipinski definition) is 0. The molecule has 0 atom stereocenters. The van der Waals surface area contributed by atoms with Crippen LogP contribution in [0.1, 0.15) is 21.5 Å². The first-order chi connectivity index (χ1) is 12.5. The lowest BCUT2D eigenvalue weighted by atomic mass is 9.98. The van der Waals surface area contributed by atoms with Gasteiger partial charge in [0.05, 0.1) is 30.8 Å². The highest BCUT2D eigenvalue weighted by Gasteiger charge is 2.24. The molecule has 2 aromatic carbocycles. The van der Waals surface area contributed by atoms with Gasteiger partial charge in [0.1, 0.15) is 5.75 Å². The zero-order valence-electron chi connectivity index (χ0n) is 14.7. The smallest absolute Gasteiger partial charge is 0.273 e. The summed E-state index contributed by atoms with van der Waals surface area (Å²) in [6.45, 7) is 4.09. The molecule has 136 valence electrons. The third-order valence-electron chi connectivity index (χ3n) is 4.46. The highest BCUT2D eigenvalue weighted by atomic mass is 16.6. The molecule has 0 saturated carbocycles. The van der Waals surface area contributed by atoms with Crippen molar-refractivity contribution in [3.05, 3.63) is 63.2 Å². The Kier molecular flexibility index (Phi) is 5.18. The molecule has 0 aliphatic carbocycles. The number of nitro groups is 1. The maximum atomic E-state index is 13.1. The summed E-state index contributed by atoms with van der Waals surface area (Å²) in [5.74, 6) is 0.391. The molecule has 1 fully saturated rings. The fourth-order valence-corrected chi connectivity index (χ4v) is 3.02. The molecule has 7 nitrogen and oxygen atoms in total. The number of benzene rings is 2. The highest BCUT2D eigenvalue weighted by Crippen LogP contribution is 2.31. The van der Waals surface area contributed by atoms with E-state index >= 15 is 0 Å². The van der Waals surface area contributed by atoms with Crippen LogP contribution in [-0.2, 0) is 4.74 Å². The summed E-state index contributed by atoms with van der Waals surface area (Å²) >= 11 is 0. The van der Waals surface area contributed by atoms with E-state index in [1.54, 1.807) is 44.4 Å². The minimum atomic E-state index is -0.455. The molecular weight excluding hydrogens is 336 g/mol. The minimum absolute atomic E-state index is 0.0566. The summed E-state index contributed by atoms with van der Waals surface area (Å²) in [6.07, 6.45) is 0. The average Bonchev–Trinajstić information content (AvgIpc) is 2.67. The molecule has 0 unspecified atom stereocenters. The van der Waals surface area contributed by atoms with Gasteiger partial charge < -0.3 is 14.4 Å². The Balaban J connectivity index is 2.07. The molecule has 1 saturated heterocycles. The van der Waals surface area contributed by atoms with Gasteiger partial charge in [-0.25, -0.2) is 0 Å². The van der Waals surface area contributed by atoms with E-state index in [1.807, 2.05) is 4.90 Å². The molecule has 0 aromatic heterocycles. The number of carbonyl (C=O) groups is 1. The largest absolute Gasteiger partial charge is 0.497 e. The molecule has 1 aliphatic rings. The van der Waals surface area contributed by atoms with Gasteiger partial charge in [0.2, 0.25) is 0 Å². The van der Waals surface area contributed by atoms with Gasteiger partial charge in [0, 0.05) is 36.0 Å². The van der Waals surface area contributed by atoms with Crippen molar-refractivity contribution >= 4 is 17.2 Å². The molecule has 0 amide bonds. The van der Waals surface area contributed by atoms with E-state index < -0.39 is 4.92 Å². The number of anilines is 1. The first-order valence-corrected chi connectivity index (χ1v) is 8.31. The van der Waals surface area contributed by atoms with Crippen molar-refractivity contribution in [2.45, 2.75) is 6.92 Å². The lowest BCUT2D eigenvalue weighted by Crippen LogP contribution is -2.37. The minimum Gasteiger partial charge on any atom is -0.497 e. The Bertz CT molecular complexity index is 827. The standard InChI is InChI=1S/C19H20N2O5/c1-13-11-18(20-7-9-26-10-8-20)16(12-17(13)21(23)24)19(22)14-3-5-15(25-2)6-4-14/h3-6,11-12H,7-10H2,1-2H3. The molecule has 0 spiro atoms. The number of methoxy groups -OCH3 is 1. The lowest BCUT2D eigenvalue weighted by Gasteiger charge is -2.30. The first-order valence-electron chi connectivity index (χ1n) is 8.31. The second-order valence-electron chi connectivity index (χ2n) is 6.07. The van der Waals surface area contributed by atoms with Gasteiger partial charge in [-0.1, -0.05) is 0 Å². The second-order valence-corrected chi connectivity index (χ2v) is 6.07. The van der Waals surface area contributed by atoms with Gasteiger partial charge in [0.25, 0.3) is 5.69 Å². The Hall–Kier alpha value is -2.93. The lowest BCUT2D eigenvalue weighted by molar-refractivity contribution is -0.385. The Morgan fingerprint density at radius 1 is 1.19 bits per heavy atom. The van der Waals surface area contributed by atoms with Gasteiger partial charge in [-0.05, 0) is 37.3 Å². The van der Waals surface area contributed by atoms with Crippen molar-refractivity contribution in [3.8, 4) is 5.75 Å². The van der Waals surface area contributed by atoms with E-state index in [1.165, 1.54) is 6.07 Å². The molecule has 1 heterocycles. The predicted molar refractivity (Wildman–Crippen MR) is 97.3 cm³/mol. The third kappa shape index (κ3) is 3.52. The van der Waals surface area contributed by atoms with Crippen molar-refractivity contribution in [2.75, 3.05) is 38.3 Å². The molecule has 0 N–H and O–H groups in total. The topological polar surface area (TPSA) is 81.9 Å². The summed E-state index contributed by atoms with van der Waals surface area (Å²) in [5, 5.41) is 11.3. The fraction of sp³-hybridized carbons (Fsp3) is 0.316. The quantitative estimate of drug-likeness (QED) is 0.465. The summed E-state index contributed by atoms with van der Waals surface area (Å²) in [6, 6.07) is 9.83. The number of nitrogens with zero attached hydrogens (tertiary/aromatic N) is 2. The fourth-order valence-electron chi connectivity index (χ4n) is 3.02. The van der Waals surface area contributed by atoms with Crippen LogP contribution < -0.4 is 9.64 Å². The van der Waals surface area contributed by atoms with Gasteiger partial charge in [0.15, 0.2) is 5.78 Å². The van der Waals surface area contributed by atoms with E-state index in [0.717, 1.165) is 0 Å². The summed E-state index contributed by atoms with van der Waals surface area (Å²) < 4.78 is 10.5. The van der Waals surface area contributed by atoms with Crippen LogP contribution in [0.2, 0.25) is 0 Å². The number of nitro benzene ring substituents is 1. The zero-order chi connectivity index (χ0) is 18.7. The normalized spacial score (nSPS) is 14.2. The maximum absolute atomic E-state index is 13.1. The summed E-state index contributed by atoms with van der Waals surface area (Å²) in [5.41, 5.74) is 1.96. The Morgan fingerprint density at radius 2 is 1.85 bits per heavy atom. The van der Waals surface area contributed by atoms with Crippen molar-refractivity contribution in [1.82, 2.24) is 0 Å². The molecule has 2 aromatic rings. The molecule has 0 radical (unpaired) electrons. The van der Waals surface area contributed by atoms with Crippen LogP contribution in [0.3, 0.4) is 0 Å². The number of hydrogen-bond acceptors (Lipinski definition) is 6. The molecule has 0 bridgehead atoms. The molecule has 26 heavy (non-hydrogen) atoms. The monoisotopic (exact) mass is 356 g/mol. The summed E-state index contributed by atoms with van der Waals surface area (Å²) in [7, 11) is 1.55. The number of aryl methyl sites for hydroxylation is 1. The van der Waals surface area contributed by atoms with Crippen LogP contribution in [0.15, 0.2) is 36.4 Å². The molecule has 1 aliphatic heterocycles. The SMILES string of the molecule is COc1ccc(C(=O)c2cc([N+](=O)[O-])c(C)cc2N2CCOCC2)cc1. The van der Waals surface area contributed by atoms with E-state index in [2.05, 4.69) is 0 Å². The zero-order valence-corrected chi connectivity index (χ0v) is 14.7. The van der Waals surface area contributed by atoms with Gasteiger partial charge in [-0.15, -0.1) is 0 Å². The van der Waals surface area contributed by atoms with Crippen molar-refractivity contribution in [3.63, 3.8) is 0 Å². The van der Waals surface area contributed by atoms with E-state index in [4.69, 9.17) is 9.47 Å². The van der Waals surface area contributed by atoms with Crippen molar-refractivity contribution in [2.24, 2.45) is 0 Å².